The van der Waals surface area contributed by atoms with Gasteiger partial charge in [-0.25, -0.2) is 13.4 Å². The highest BCUT2D eigenvalue weighted by Gasteiger charge is 2.27. The molecule has 0 radical (unpaired) electrons. The second-order valence-corrected chi connectivity index (χ2v) is 6.01. The number of aliphatic hydroxyl groups excluding tert-OH is 1. The molecule has 2 rings (SSSR count). The van der Waals surface area contributed by atoms with Gasteiger partial charge in [-0.2, -0.15) is 0 Å². The first-order valence-corrected chi connectivity index (χ1v) is 6.68. The lowest BCUT2D eigenvalue weighted by atomic mass is 10.0. The molecular formula is C9H13NO4S. The van der Waals surface area contributed by atoms with Crippen molar-refractivity contribution in [1.82, 2.24) is 4.98 Å². The lowest BCUT2D eigenvalue weighted by Gasteiger charge is -2.19. The number of oxazole rings is 1. The van der Waals surface area contributed by atoms with Crippen molar-refractivity contribution in [1.29, 1.82) is 0 Å². The zero-order valence-corrected chi connectivity index (χ0v) is 9.03. The van der Waals surface area contributed by atoms with Crippen molar-refractivity contribution >= 4 is 9.84 Å². The minimum Gasteiger partial charge on any atom is -0.446 e. The van der Waals surface area contributed by atoms with Crippen LogP contribution in [0.5, 0.6) is 0 Å². The molecule has 0 bridgehead atoms. The molecule has 15 heavy (non-hydrogen) atoms. The topological polar surface area (TPSA) is 80.4 Å². The van der Waals surface area contributed by atoms with Crippen molar-refractivity contribution < 1.29 is 17.9 Å². The Morgan fingerprint density at radius 3 is 3.00 bits per heavy atom. The van der Waals surface area contributed by atoms with Gasteiger partial charge < -0.3 is 9.52 Å². The monoisotopic (exact) mass is 231 g/mol. The van der Waals surface area contributed by atoms with E-state index in [-0.39, 0.29) is 29.9 Å². The fourth-order valence-electron chi connectivity index (χ4n) is 1.84. The minimum atomic E-state index is -2.92. The van der Waals surface area contributed by atoms with Crippen molar-refractivity contribution in [2.45, 2.75) is 25.4 Å². The van der Waals surface area contributed by atoms with E-state index in [4.69, 9.17) is 9.52 Å². The summed E-state index contributed by atoms with van der Waals surface area (Å²) in [6, 6.07) is 0. The van der Waals surface area contributed by atoms with Crippen molar-refractivity contribution in [2.75, 3.05) is 11.5 Å². The van der Waals surface area contributed by atoms with Crippen LogP contribution in [0.1, 0.15) is 30.3 Å². The summed E-state index contributed by atoms with van der Waals surface area (Å²) in [5.41, 5.74) is 0.641. The van der Waals surface area contributed by atoms with Gasteiger partial charge in [-0.3, -0.25) is 0 Å². The molecule has 1 saturated heterocycles. The summed E-state index contributed by atoms with van der Waals surface area (Å²) in [4.78, 5) is 4.04. The van der Waals surface area contributed by atoms with E-state index < -0.39 is 9.84 Å². The standard InChI is InChI=1S/C9H13NO4S/c11-4-9-10-8(5-14-9)7-2-1-3-15(12,13)6-7/h5,7,11H,1-4,6H2. The molecule has 1 aromatic heterocycles. The number of sulfone groups is 1. The van der Waals surface area contributed by atoms with E-state index in [0.29, 0.717) is 12.1 Å². The number of aliphatic hydroxyl groups is 1. The molecule has 0 saturated carbocycles. The maximum absolute atomic E-state index is 11.4. The van der Waals surface area contributed by atoms with E-state index in [0.717, 1.165) is 6.42 Å². The van der Waals surface area contributed by atoms with Crippen LogP contribution in [-0.2, 0) is 16.4 Å². The van der Waals surface area contributed by atoms with Gasteiger partial charge in [-0.1, -0.05) is 0 Å². The third-order valence-corrected chi connectivity index (χ3v) is 4.41. The third kappa shape index (κ3) is 2.38. The predicted octanol–water partition coefficient (Wildman–Crippen LogP) is 0.459. The third-order valence-electron chi connectivity index (χ3n) is 2.59. The molecule has 2 heterocycles. The van der Waals surface area contributed by atoms with Gasteiger partial charge in [0.25, 0.3) is 0 Å². The first-order chi connectivity index (χ1) is 7.11. The highest BCUT2D eigenvalue weighted by Crippen LogP contribution is 2.27. The number of rotatable bonds is 2. The summed E-state index contributed by atoms with van der Waals surface area (Å²) < 4.78 is 27.8. The zero-order valence-electron chi connectivity index (χ0n) is 8.22. The Morgan fingerprint density at radius 1 is 1.60 bits per heavy atom. The van der Waals surface area contributed by atoms with Gasteiger partial charge in [-0.05, 0) is 12.8 Å². The van der Waals surface area contributed by atoms with Crippen LogP contribution in [0.25, 0.3) is 0 Å². The van der Waals surface area contributed by atoms with Crippen LogP contribution >= 0.6 is 0 Å². The maximum Gasteiger partial charge on any atom is 0.219 e. The predicted molar refractivity (Wildman–Crippen MR) is 53.1 cm³/mol. The lowest BCUT2D eigenvalue weighted by molar-refractivity contribution is 0.240. The second kappa shape index (κ2) is 3.94. The summed E-state index contributed by atoms with van der Waals surface area (Å²) in [5, 5.41) is 8.78. The molecule has 0 aliphatic carbocycles. The normalized spacial score (nSPS) is 25.3. The molecule has 1 fully saturated rings. The molecule has 1 atom stereocenters. The first-order valence-electron chi connectivity index (χ1n) is 4.86. The van der Waals surface area contributed by atoms with Gasteiger partial charge in [0.2, 0.25) is 5.89 Å². The molecule has 0 aromatic carbocycles. The highest BCUT2D eigenvalue weighted by atomic mass is 32.2. The molecule has 6 heteroatoms. The Bertz CT molecular complexity index is 437. The number of aromatic nitrogens is 1. The van der Waals surface area contributed by atoms with E-state index in [9.17, 15) is 8.42 Å². The van der Waals surface area contributed by atoms with Gasteiger partial charge in [0.1, 0.15) is 12.9 Å². The Hall–Kier alpha value is -0.880. The Morgan fingerprint density at radius 2 is 2.40 bits per heavy atom. The molecule has 1 aromatic rings. The van der Waals surface area contributed by atoms with Crippen molar-refractivity contribution in [2.24, 2.45) is 0 Å². The summed E-state index contributed by atoms with van der Waals surface area (Å²) >= 11 is 0. The molecular weight excluding hydrogens is 218 g/mol. The summed E-state index contributed by atoms with van der Waals surface area (Å²) in [6.07, 6.45) is 2.93. The van der Waals surface area contributed by atoms with Crippen LogP contribution in [0.2, 0.25) is 0 Å². The average Bonchev–Trinajstić information content (AvgIpc) is 2.64. The van der Waals surface area contributed by atoms with Gasteiger partial charge in [0, 0.05) is 5.92 Å². The molecule has 1 aliphatic heterocycles. The van der Waals surface area contributed by atoms with Gasteiger partial charge in [0.15, 0.2) is 9.84 Å². The van der Waals surface area contributed by atoms with Crippen LogP contribution in [0.3, 0.4) is 0 Å². The van der Waals surface area contributed by atoms with Crippen LogP contribution in [0.4, 0.5) is 0 Å². The van der Waals surface area contributed by atoms with Crippen LogP contribution in [0.15, 0.2) is 10.7 Å². The Kier molecular flexibility index (Phi) is 2.79. The second-order valence-electron chi connectivity index (χ2n) is 3.78. The molecule has 0 amide bonds. The molecule has 84 valence electrons. The quantitative estimate of drug-likeness (QED) is 0.799. The van der Waals surface area contributed by atoms with E-state index in [1.807, 2.05) is 0 Å². The zero-order chi connectivity index (χ0) is 10.9. The van der Waals surface area contributed by atoms with Crippen LogP contribution in [-0.4, -0.2) is 30.0 Å². The largest absolute Gasteiger partial charge is 0.446 e. The highest BCUT2D eigenvalue weighted by molar-refractivity contribution is 7.91. The van der Waals surface area contributed by atoms with Crippen molar-refractivity contribution in [3.63, 3.8) is 0 Å². The SMILES string of the molecule is O=S1(=O)CCCC(c2coc(CO)n2)C1. The number of hydrogen-bond donors (Lipinski definition) is 1. The van der Waals surface area contributed by atoms with E-state index in [1.54, 1.807) is 0 Å². The molecule has 1 N–H and O–H groups in total. The fraction of sp³-hybridized carbons (Fsp3) is 0.667. The summed E-state index contributed by atoms with van der Waals surface area (Å²) in [7, 11) is -2.92. The molecule has 1 aliphatic rings. The van der Waals surface area contributed by atoms with Crippen LogP contribution < -0.4 is 0 Å². The van der Waals surface area contributed by atoms with Gasteiger partial charge >= 0.3 is 0 Å². The molecule has 5 nitrogen and oxygen atoms in total. The summed E-state index contributed by atoms with van der Waals surface area (Å²) in [5.74, 6) is 0.583. The number of hydrogen-bond acceptors (Lipinski definition) is 5. The van der Waals surface area contributed by atoms with Gasteiger partial charge in [-0.15, -0.1) is 0 Å². The maximum atomic E-state index is 11.4. The van der Waals surface area contributed by atoms with Crippen molar-refractivity contribution in [3.8, 4) is 0 Å². The first kappa shape index (κ1) is 10.6. The average molecular weight is 231 g/mol. The van der Waals surface area contributed by atoms with E-state index >= 15 is 0 Å². The van der Waals surface area contributed by atoms with Gasteiger partial charge in [0.05, 0.1) is 17.2 Å². The molecule has 1 unspecified atom stereocenters. The number of nitrogens with zero attached hydrogens (tertiary/aromatic N) is 1. The molecule has 0 spiro atoms. The minimum absolute atomic E-state index is 0.0761. The van der Waals surface area contributed by atoms with E-state index in [1.165, 1.54) is 6.26 Å². The Labute approximate surface area is 88.0 Å². The Balaban J connectivity index is 2.17. The fourth-order valence-corrected chi connectivity index (χ4v) is 3.56. The smallest absolute Gasteiger partial charge is 0.219 e. The summed E-state index contributed by atoms with van der Waals surface area (Å²) in [6.45, 7) is -0.251. The van der Waals surface area contributed by atoms with Crippen LogP contribution in [0, 0.1) is 0 Å². The van der Waals surface area contributed by atoms with Crippen molar-refractivity contribution in [3.05, 3.63) is 17.8 Å². The van der Waals surface area contributed by atoms with E-state index in [2.05, 4.69) is 4.98 Å². The lowest BCUT2D eigenvalue weighted by Crippen LogP contribution is -2.23.